The maximum absolute atomic E-state index is 12.9. The van der Waals surface area contributed by atoms with Gasteiger partial charge in [-0.1, -0.05) is 19.4 Å². The summed E-state index contributed by atoms with van der Waals surface area (Å²) in [4.78, 5) is 29.9. The lowest BCUT2D eigenvalue weighted by Crippen LogP contribution is -2.41. The van der Waals surface area contributed by atoms with Crippen LogP contribution in [0.25, 0.3) is 11.2 Å². The molecule has 0 N–H and O–H groups in total. The molecule has 0 bridgehead atoms. The second kappa shape index (κ2) is 8.85. The average molecular weight is 419 g/mol. The summed E-state index contributed by atoms with van der Waals surface area (Å²) in [6, 6.07) is 0. The Labute approximate surface area is 162 Å². The van der Waals surface area contributed by atoms with Gasteiger partial charge in [0, 0.05) is 19.6 Å². The quantitative estimate of drug-likeness (QED) is 0.250. The van der Waals surface area contributed by atoms with Gasteiger partial charge in [0.15, 0.2) is 11.2 Å². The minimum Gasteiger partial charge on any atom is -0.305 e. The Bertz CT molecular complexity index is 1050. The number of nitrogens with zero attached hydrogens (tertiary/aromatic N) is 4. The van der Waals surface area contributed by atoms with Gasteiger partial charge >= 0.3 is 5.69 Å². The van der Waals surface area contributed by atoms with Gasteiger partial charge in [0.1, 0.15) is 0 Å². The molecule has 150 valence electrons. The summed E-state index contributed by atoms with van der Waals surface area (Å²) in [5.41, 5.74) is -0.558. The van der Waals surface area contributed by atoms with E-state index in [0.29, 0.717) is 6.54 Å². The summed E-state index contributed by atoms with van der Waals surface area (Å²) >= 11 is 6.16. The number of aryl methyl sites for hydroxylation is 1. The van der Waals surface area contributed by atoms with Crippen molar-refractivity contribution in [3.8, 4) is 0 Å². The Morgan fingerprint density at radius 1 is 1.19 bits per heavy atom. The fraction of sp³-hybridized carbons (Fsp3) is 0.562. The molecule has 27 heavy (non-hydrogen) atoms. The van der Waals surface area contributed by atoms with Gasteiger partial charge in [-0.05, 0) is 24.4 Å². The van der Waals surface area contributed by atoms with Crippen molar-refractivity contribution in [1.29, 1.82) is 0 Å². The van der Waals surface area contributed by atoms with Crippen molar-refractivity contribution in [2.24, 2.45) is 0 Å². The molecular formula is C16H23ClN4O5S. The van der Waals surface area contributed by atoms with Crippen LogP contribution < -0.4 is 11.2 Å². The zero-order valence-electron chi connectivity index (χ0n) is 15.4. The molecule has 0 amide bonds. The molecule has 2 rings (SSSR count). The van der Waals surface area contributed by atoms with Crippen LogP contribution in [-0.4, -0.2) is 40.0 Å². The zero-order valence-corrected chi connectivity index (χ0v) is 16.9. The van der Waals surface area contributed by atoms with Crippen LogP contribution in [0.1, 0.15) is 26.2 Å². The summed E-state index contributed by atoms with van der Waals surface area (Å²) in [7, 11) is -3.58. The highest BCUT2D eigenvalue weighted by molar-refractivity contribution is 7.85. The number of unbranched alkanes of at least 4 members (excludes halogenated alkanes) is 1. The predicted molar refractivity (Wildman–Crippen MR) is 104 cm³/mol. The molecule has 11 heteroatoms. The fourth-order valence-electron chi connectivity index (χ4n) is 2.71. The zero-order chi connectivity index (χ0) is 20.2. The number of allylic oxidation sites excluding steroid dienone is 1. The Balaban J connectivity index is 2.55. The van der Waals surface area contributed by atoms with Crippen LogP contribution >= 0.6 is 11.6 Å². The lowest BCUT2D eigenvalue weighted by molar-refractivity contribution is 0.304. The molecule has 0 spiro atoms. The molecule has 0 atom stereocenters. The monoisotopic (exact) mass is 418 g/mol. The number of fused-ring (bicyclic) bond motifs is 1. The van der Waals surface area contributed by atoms with E-state index >= 15 is 0 Å². The van der Waals surface area contributed by atoms with Gasteiger partial charge in [-0.3, -0.25) is 18.1 Å². The number of imidazole rings is 1. The summed E-state index contributed by atoms with van der Waals surface area (Å²) < 4.78 is 30.8. The second-order valence-corrected chi connectivity index (χ2v) is 8.06. The van der Waals surface area contributed by atoms with Gasteiger partial charge in [0.25, 0.3) is 15.7 Å². The molecule has 0 aliphatic carbocycles. The van der Waals surface area contributed by atoms with Gasteiger partial charge in [-0.25, -0.2) is 4.79 Å². The van der Waals surface area contributed by atoms with Gasteiger partial charge < -0.3 is 4.57 Å². The maximum Gasteiger partial charge on any atom is 0.332 e. The molecule has 0 unspecified atom stereocenters. The second-order valence-electron chi connectivity index (χ2n) is 6.08. The van der Waals surface area contributed by atoms with Gasteiger partial charge in [0.2, 0.25) is 5.28 Å². The van der Waals surface area contributed by atoms with Crippen molar-refractivity contribution in [2.45, 2.75) is 45.8 Å². The van der Waals surface area contributed by atoms with Crippen molar-refractivity contribution in [3.05, 3.63) is 38.8 Å². The highest BCUT2D eigenvalue weighted by atomic mass is 35.5. The van der Waals surface area contributed by atoms with Gasteiger partial charge in [-0.15, -0.1) is 6.58 Å². The smallest absolute Gasteiger partial charge is 0.305 e. The molecule has 2 heterocycles. The van der Waals surface area contributed by atoms with Gasteiger partial charge in [0.05, 0.1) is 12.9 Å². The van der Waals surface area contributed by atoms with Crippen LogP contribution in [0.5, 0.6) is 0 Å². The molecule has 0 radical (unpaired) electrons. The van der Waals surface area contributed by atoms with E-state index in [1.165, 1.54) is 9.13 Å². The number of halogens is 1. The molecule has 0 saturated heterocycles. The van der Waals surface area contributed by atoms with Gasteiger partial charge in [-0.2, -0.15) is 13.4 Å². The van der Waals surface area contributed by atoms with Crippen molar-refractivity contribution >= 4 is 32.9 Å². The minimum atomic E-state index is -3.58. The van der Waals surface area contributed by atoms with Crippen LogP contribution in [0.4, 0.5) is 0 Å². The van der Waals surface area contributed by atoms with Crippen LogP contribution in [0.15, 0.2) is 22.2 Å². The van der Waals surface area contributed by atoms with Crippen molar-refractivity contribution in [2.75, 3.05) is 12.9 Å². The predicted octanol–water partition coefficient (Wildman–Crippen LogP) is 1.37. The van der Waals surface area contributed by atoms with E-state index < -0.39 is 21.4 Å². The Kier molecular flexibility index (Phi) is 7.01. The lowest BCUT2D eigenvalue weighted by atomic mass is 10.3. The standard InChI is InChI=1S/C16H23ClN4O5S/c1-4-6-9-20-13-12(19(8-5-2)15(17)18-13)14(22)21(16(20)23)10-7-11-26-27(3,24)25/h5H,2,4,6-11H2,1,3H3. The van der Waals surface area contributed by atoms with Crippen molar-refractivity contribution in [1.82, 2.24) is 18.7 Å². The van der Waals surface area contributed by atoms with Crippen LogP contribution in [0.3, 0.4) is 0 Å². The third-order valence-electron chi connectivity index (χ3n) is 3.94. The van der Waals surface area contributed by atoms with Crippen LogP contribution in [0.2, 0.25) is 5.28 Å². The number of aromatic nitrogens is 4. The Morgan fingerprint density at radius 2 is 1.85 bits per heavy atom. The highest BCUT2D eigenvalue weighted by Gasteiger charge is 2.20. The molecule has 0 saturated carbocycles. The molecule has 0 aliphatic rings. The summed E-state index contributed by atoms with van der Waals surface area (Å²) in [6.45, 7) is 6.21. The van der Waals surface area contributed by atoms with E-state index in [9.17, 15) is 18.0 Å². The number of hydrogen-bond acceptors (Lipinski definition) is 6. The summed E-state index contributed by atoms with van der Waals surface area (Å²) in [5, 5.41) is 0.102. The first-order chi connectivity index (χ1) is 12.7. The summed E-state index contributed by atoms with van der Waals surface area (Å²) in [5.74, 6) is 0. The van der Waals surface area contributed by atoms with Crippen molar-refractivity contribution < 1.29 is 12.6 Å². The van der Waals surface area contributed by atoms with Crippen LogP contribution in [-0.2, 0) is 33.9 Å². The largest absolute Gasteiger partial charge is 0.332 e. The summed E-state index contributed by atoms with van der Waals surface area (Å²) in [6.07, 6.45) is 4.30. The molecule has 9 nitrogen and oxygen atoms in total. The Hall–Kier alpha value is -1.91. The number of hydrogen-bond donors (Lipinski definition) is 0. The van der Waals surface area contributed by atoms with E-state index in [4.69, 9.17) is 11.6 Å². The fourth-order valence-corrected chi connectivity index (χ4v) is 3.36. The number of rotatable bonds is 10. The minimum absolute atomic E-state index is 0.0200. The highest BCUT2D eigenvalue weighted by Crippen LogP contribution is 2.16. The molecule has 0 aliphatic heterocycles. The molecule has 0 fully saturated rings. The first kappa shape index (κ1) is 21.4. The van der Waals surface area contributed by atoms with E-state index in [-0.39, 0.29) is 42.6 Å². The Morgan fingerprint density at radius 3 is 2.44 bits per heavy atom. The molecule has 0 aromatic carbocycles. The maximum atomic E-state index is 12.9. The first-order valence-corrected chi connectivity index (χ1v) is 10.7. The lowest BCUT2D eigenvalue weighted by Gasteiger charge is -2.12. The SMILES string of the molecule is C=CCn1c(Cl)nc2c1c(=O)n(CCCOS(C)(=O)=O)c(=O)n2CCCC. The third-order valence-corrected chi connectivity index (χ3v) is 4.82. The van der Waals surface area contributed by atoms with E-state index in [1.807, 2.05) is 6.92 Å². The van der Waals surface area contributed by atoms with Crippen LogP contribution in [0, 0.1) is 0 Å². The van der Waals surface area contributed by atoms with Crippen molar-refractivity contribution in [3.63, 3.8) is 0 Å². The van der Waals surface area contributed by atoms with E-state index in [2.05, 4.69) is 15.7 Å². The molecule has 2 aromatic heterocycles. The topological polar surface area (TPSA) is 105 Å². The molecule has 2 aromatic rings. The molecular weight excluding hydrogens is 396 g/mol. The van der Waals surface area contributed by atoms with E-state index in [1.54, 1.807) is 6.08 Å². The normalized spacial score (nSPS) is 12.0. The van der Waals surface area contributed by atoms with E-state index in [0.717, 1.165) is 23.7 Å². The first-order valence-electron chi connectivity index (χ1n) is 8.56. The third kappa shape index (κ3) is 4.88. The average Bonchev–Trinajstić information content (AvgIpc) is 2.90.